The van der Waals surface area contributed by atoms with E-state index in [1.54, 1.807) is 19.1 Å². The molecule has 1 heterocycles. The first-order valence-electron chi connectivity index (χ1n) is 12.9. The normalized spacial score (nSPS) is 25.4. The predicted octanol–water partition coefficient (Wildman–Crippen LogP) is 4.55. The second-order valence-electron chi connectivity index (χ2n) is 10.6. The molecule has 4 atom stereocenters. The lowest BCUT2D eigenvalue weighted by Crippen LogP contribution is -2.39. The maximum absolute atomic E-state index is 14.0. The lowest BCUT2D eigenvalue weighted by molar-refractivity contribution is -0.384. The third kappa shape index (κ3) is 4.04. The Balaban J connectivity index is 1.49. The molecule has 6 rings (SSSR count). The van der Waals surface area contributed by atoms with Crippen molar-refractivity contribution in [2.45, 2.75) is 25.7 Å². The number of aromatic hydroxyl groups is 1. The van der Waals surface area contributed by atoms with Gasteiger partial charge < -0.3 is 9.84 Å². The zero-order chi connectivity index (χ0) is 29.3. The smallest absolute Gasteiger partial charge is 0.271 e. The van der Waals surface area contributed by atoms with Gasteiger partial charge in [-0.15, -0.1) is 0 Å². The maximum atomic E-state index is 14.0. The summed E-state index contributed by atoms with van der Waals surface area (Å²) >= 11 is 1.97. The van der Waals surface area contributed by atoms with E-state index in [-0.39, 0.29) is 47.3 Å². The fourth-order valence-corrected chi connectivity index (χ4v) is 7.30. The molecule has 2 aromatic carbocycles. The molecule has 4 aliphatic rings. The summed E-state index contributed by atoms with van der Waals surface area (Å²) in [7, 11) is 1.42. The van der Waals surface area contributed by atoms with Crippen LogP contribution in [0.3, 0.4) is 0 Å². The van der Waals surface area contributed by atoms with Crippen molar-refractivity contribution in [2.75, 3.05) is 12.0 Å². The van der Waals surface area contributed by atoms with Gasteiger partial charge in [-0.25, -0.2) is 4.90 Å². The van der Waals surface area contributed by atoms with Gasteiger partial charge >= 0.3 is 0 Å². The van der Waals surface area contributed by atoms with Crippen LogP contribution in [-0.2, 0) is 19.2 Å². The summed E-state index contributed by atoms with van der Waals surface area (Å²) in [5.41, 5.74) is 2.21. The van der Waals surface area contributed by atoms with Gasteiger partial charge in [0.1, 0.15) is 0 Å². The molecule has 1 saturated heterocycles. The molecule has 0 aromatic heterocycles. The Morgan fingerprint density at radius 1 is 1.10 bits per heavy atom. The number of carbonyl (C=O) groups is 4. The van der Waals surface area contributed by atoms with E-state index < -0.39 is 40.4 Å². The van der Waals surface area contributed by atoms with E-state index in [9.17, 15) is 34.4 Å². The van der Waals surface area contributed by atoms with Crippen molar-refractivity contribution in [3.8, 4) is 11.5 Å². The van der Waals surface area contributed by atoms with E-state index in [1.165, 1.54) is 37.5 Å². The maximum Gasteiger partial charge on any atom is 0.271 e. The van der Waals surface area contributed by atoms with Gasteiger partial charge in [0.05, 0.1) is 33.1 Å². The first-order valence-corrected chi connectivity index (χ1v) is 14.0. The summed E-state index contributed by atoms with van der Waals surface area (Å²) in [6.07, 6.45) is 3.56. The second kappa shape index (κ2) is 9.75. The molecule has 4 unspecified atom stereocenters. The Kier molecular flexibility index (Phi) is 6.44. The van der Waals surface area contributed by atoms with Gasteiger partial charge in [-0.1, -0.05) is 17.7 Å². The Morgan fingerprint density at radius 2 is 1.85 bits per heavy atom. The van der Waals surface area contributed by atoms with Crippen molar-refractivity contribution in [3.63, 3.8) is 0 Å². The highest BCUT2D eigenvalue weighted by Gasteiger charge is 2.56. The van der Waals surface area contributed by atoms with Crippen molar-refractivity contribution >= 4 is 57.3 Å². The molecule has 0 saturated carbocycles. The molecule has 1 aliphatic heterocycles. The molecule has 11 heteroatoms. The summed E-state index contributed by atoms with van der Waals surface area (Å²) in [6.45, 7) is 1.58. The number of hydrogen-bond acceptors (Lipinski definition) is 8. The van der Waals surface area contributed by atoms with Crippen LogP contribution in [0.4, 0.5) is 11.4 Å². The van der Waals surface area contributed by atoms with Gasteiger partial charge in [-0.2, -0.15) is 0 Å². The summed E-state index contributed by atoms with van der Waals surface area (Å²) in [5, 5.41) is 21.8. The van der Waals surface area contributed by atoms with Crippen molar-refractivity contribution in [1.29, 1.82) is 0 Å². The number of benzene rings is 2. The number of amides is 2. The zero-order valence-electron chi connectivity index (χ0n) is 21.9. The van der Waals surface area contributed by atoms with Gasteiger partial charge in [0.2, 0.25) is 11.8 Å². The number of nitro groups is 1. The van der Waals surface area contributed by atoms with E-state index in [1.807, 2.05) is 28.7 Å². The molecule has 10 nitrogen and oxygen atoms in total. The number of imide groups is 1. The Hall–Kier alpha value is -4.13. The molecule has 208 valence electrons. The number of methoxy groups -OCH3 is 1. The van der Waals surface area contributed by atoms with E-state index in [0.29, 0.717) is 25.9 Å². The molecule has 3 aliphatic carbocycles. The summed E-state index contributed by atoms with van der Waals surface area (Å²) in [6, 6.07) is 8.75. The third-order valence-electron chi connectivity index (χ3n) is 8.46. The molecular formula is C30H23IN2O8. The molecule has 41 heavy (non-hydrogen) atoms. The quantitative estimate of drug-likeness (QED) is 0.125. The van der Waals surface area contributed by atoms with Crippen molar-refractivity contribution < 1.29 is 33.9 Å². The SMILES string of the molecule is COc1cc(C2C3=CCC4C(=O)N(c5cccc([N+](=O)[O-])c5)C(=O)C4C3CC3=C2C(=O)C=C(C)C3=O)cc(I)c1O. The number of nitrogens with zero attached hydrogens (tertiary/aromatic N) is 2. The monoisotopic (exact) mass is 666 g/mol. The van der Waals surface area contributed by atoms with E-state index >= 15 is 0 Å². The van der Waals surface area contributed by atoms with Gasteiger partial charge in [-0.05, 0) is 78.1 Å². The van der Waals surface area contributed by atoms with Crippen LogP contribution >= 0.6 is 22.6 Å². The molecule has 2 aromatic rings. The Labute approximate surface area is 247 Å². The number of ether oxygens (including phenoxy) is 1. The Morgan fingerprint density at radius 3 is 2.56 bits per heavy atom. The largest absolute Gasteiger partial charge is 0.504 e. The van der Waals surface area contributed by atoms with Crippen LogP contribution < -0.4 is 9.64 Å². The number of hydrogen-bond donors (Lipinski definition) is 1. The number of anilines is 1. The topological polar surface area (TPSA) is 144 Å². The minimum absolute atomic E-state index is 0.0537. The lowest BCUT2D eigenvalue weighted by atomic mass is 9.59. The van der Waals surface area contributed by atoms with Gasteiger partial charge in [-0.3, -0.25) is 29.3 Å². The van der Waals surface area contributed by atoms with E-state index in [2.05, 4.69) is 0 Å². The number of rotatable bonds is 4. The number of ketones is 2. The minimum atomic E-state index is -0.814. The standard InChI is InChI=1S/C30H23IN2O8/c1-13-8-22(34)26-20(27(13)35)12-19-17(24(26)14-9-21(31)28(36)23(10-14)41-2)6-7-18-25(19)30(38)32(29(18)37)15-4-3-5-16(11-15)33(39)40/h3-6,8-11,18-19,24-25,36H,7,12H2,1-2H3. The lowest BCUT2D eigenvalue weighted by Gasteiger charge is -2.42. The number of carbonyl (C=O) groups excluding carboxylic acids is 4. The predicted molar refractivity (Wildman–Crippen MR) is 154 cm³/mol. The minimum Gasteiger partial charge on any atom is -0.504 e. The van der Waals surface area contributed by atoms with Crippen LogP contribution in [0.15, 0.2) is 70.8 Å². The molecule has 1 fully saturated rings. The number of allylic oxidation sites excluding steroid dienone is 6. The molecule has 0 bridgehead atoms. The van der Waals surface area contributed by atoms with Crippen LogP contribution in [0.1, 0.15) is 31.2 Å². The molecular weight excluding hydrogens is 643 g/mol. The first-order chi connectivity index (χ1) is 19.5. The fourth-order valence-electron chi connectivity index (χ4n) is 6.68. The van der Waals surface area contributed by atoms with E-state index in [4.69, 9.17) is 4.74 Å². The van der Waals surface area contributed by atoms with Crippen molar-refractivity contribution in [1.82, 2.24) is 0 Å². The molecule has 0 radical (unpaired) electrons. The Bertz CT molecular complexity index is 1700. The highest BCUT2D eigenvalue weighted by Crippen LogP contribution is 2.56. The van der Waals surface area contributed by atoms with Gasteiger partial charge in [0.15, 0.2) is 23.1 Å². The molecule has 2 amide bonds. The van der Waals surface area contributed by atoms with Crippen molar-refractivity contribution in [3.05, 3.63) is 90.1 Å². The fraction of sp³-hybridized carbons (Fsp3) is 0.267. The summed E-state index contributed by atoms with van der Waals surface area (Å²) in [5.74, 6) is -4.13. The highest BCUT2D eigenvalue weighted by atomic mass is 127. The summed E-state index contributed by atoms with van der Waals surface area (Å²) in [4.78, 5) is 66.2. The van der Waals surface area contributed by atoms with Crippen LogP contribution in [0.2, 0.25) is 0 Å². The number of phenols is 1. The number of non-ortho nitro benzene ring substituents is 1. The number of Topliss-reactive ketones (excluding diaryl/α,β-unsaturated/α-hetero) is 1. The van der Waals surface area contributed by atoms with Gasteiger partial charge in [0.25, 0.3) is 5.69 Å². The van der Waals surface area contributed by atoms with Crippen LogP contribution in [0.25, 0.3) is 0 Å². The van der Waals surface area contributed by atoms with Crippen LogP contribution in [-0.4, -0.2) is 40.5 Å². The van der Waals surface area contributed by atoms with Crippen LogP contribution in [0, 0.1) is 31.4 Å². The highest BCUT2D eigenvalue weighted by molar-refractivity contribution is 14.1. The number of phenolic OH excluding ortho intramolecular Hbond substituents is 1. The second-order valence-corrected chi connectivity index (χ2v) is 11.7. The molecule has 1 N–H and O–H groups in total. The summed E-state index contributed by atoms with van der Waals surface area (Å²) < 4.78 is 5.86. The van der Waals surface area contributed by atoms with Crippen LogP contribution in [0.5, 0.6) is 11.5 Å². The first kappa shape index (κ1) is 27.1. The average Bonchev–Trinajstić information content (AvgIpc) is 3.21. The average molecular weight is 666 g/mol. The molecule has 0 spiro atoms. The third-order valence-corrected chi connectivity index (χ3v) is 9.29. The number of fused-ring (bicyclic) bond motifs is 3. The van der Waals surface area contributed by atoms with Crippen molar-refractivity contribution in [2.24, 2.45) is 17.8 Å². The van der Waals surface area contributed by atoms with Gasteiger partial charge in [0, 0.05) is 34.8 Å². The number of halogens is 1. The zero-order valence-corrected chi connectivity index (χ0v) is 24.1. The number of nitro benzene ring substituents is 1. The van der Waals surface area contributed by atoms with E-state index in [0.717, 1.165) is 10.5 Å².